The molecular weight excluding hydrogens is 356 g/mol. The third-order valence-electron chi connectivity index (χ3n) is 5.82. The minimum absolute atomic E-state index is 0.296. The van der Waals surface area contributed by atoms with E-state index in [0.29, 0.717) is 0 Å². The summed E-state index contributed by atoms with van der Waals surface area (Å²) in [5.74, 6) is 0.447. The molecule has 2 unspecified atom stereocenters. The first kappa shape index (κ1) is 18.3. The van der Waals surface area contributed by atoms with E-state index in [2.05, 4.69) is 40.7 Å². The molecule has 1 aromatic rings. The lowest BCUT2D eigenvalue weighted by Crippen LogP contribution is -2.63. The van der Waals surface area contributed by atoms with Crippen molar-refractivity contribution in [1.82, 2.24) is 20.0 Å². The highest BCUT2D eigenvalue weighted by molar-refractivity contribution is 6.05. The molecule has 1 aromatic carbocycles. The van der Waals surface area contributed by atoms with Crippen LogP contribution in [0.3, 0.4) is 0 Å². The minimum atomic E-state index is -0.508. The number of imide groups is 1. The fourth-order valence-electron chi connectivity index (χ4n) is 4.10. The van der Waals surface area contributed by atoms with Gasteiger partial charge in [0.05, 0.1) is 0 Å². The zero-order chi connectivity index (χ0) is 20.0. The molecule has 0 radical (unpaired) electrons. The van der Waals surface area contributed by atoms with Gasteiger partial charge in [-0.25, -0.2) is 9.79 Å². The maximum absolute atomic E-state index is 12.5. The van der Waals surface area contributed by atoms with Crippen molar-refractivity contribution < 1.29 is 9.59 Å². The van der Waals surface area contributed by atoms with Crippen LogP contribution in [0.25, 0.3) is 0 Å². The second-order valence-electron chi connectivity index (χ2n) is 7.32. The van der Waals surface area contributed by atoms with Crippen molar-refractivity contribution in [1.29, 1.82) is 0 Å². The molecule has 2 atom stereocenters. The first-order valence-corrected chi connectivity index (χ1v) is 9.65. The Balaban J connectivity index is 1.52. The number of aryl methyl sites for hydroxylation is 1. The SMILES string of the molecule is CCc1ccccc1NCCN1C2=NC3C(C(=O)NC(=O)N3C)N2C(C)=C1C. The van der Waals surface area contributed by atoms with Crippen molar-refractivity contribution in [2.24, 2.45) is 4.99 Å². The largest absolute Gasteiger partial charge is 0.383 e. The van der Waals surface area contributed by atoms with Crippen LogP contribution in [-0.2, 0) is 11.2 Å². The van der Waals surface area contributed by atoms with Crippen molar-refractivity contribution in [2.45, 2.75) is 39.4 Å². The number of anilines is 1. The van der Waals surface area contributed by atoms with Gasteiger partial charge in [0.15, 0.2) is 12.2 Å². The van der Waals surface area contributed by atoms with E-state index in [9.17, 15) is 9.59 Å². The molecule has 1 saturated heterocycles. The smallest absolute Gasteiger partial charge is 0.325 e. The number of likely N-dealkylation sites (N-methyl/N-ethyl adjacent to an activating group) is 1. The van der Waals surface area contributed by atoms with Crippen molar-refractivity contribution >= 4 is 23.6 Å². The van der Waals surface area contributed by atoms with Crippen molar-refractivity contribution in [3.8, 4) is 0 Å². The number of amides is 3. The topological polar surface area (TPSA) is 80.3 Å². The van der Waals surface area contributed by atoms with Crippen LogP contribution in [0.1, 0.15) is 26.3 Å². The Bertz CT molecular complexity index is 892. The average Bonchev–Trinajstić information content (AvgIpc) is 3.18. The molecular formula is C20H26N6O2. The Morgan fingerprint density at radius 2 is 1.93 bits per heavy atom. The number of hydrogen-bond acceptors (Lipinski definition) is 6. The zero-order valence-corrected chi connectivity index (χ0v) is 16.7. The van der Waals surface area contributed by atoms with E-state index in [0.717, 1.165) is 42.6 Å². The molecule has 3 aliphatic heterocycles. The molecule has 0 bridgehead atoms. The van der Waals surface area contributed by atoms with Crippen LogP contribution in [0.5, 0.6) is 0 Å². The number of nitrogens with one attached hydrogen (secondary N) is 2. The van der Waals surface area contributed by atoms with Crippen LogP contribution in [0.4, 0.5) is 10.5 Å². The summed E-state index contributed by atoms with van der Waals surface area (Å²) in [5.41, 5.74) is 4.51. The van der Waals surface area contributed by atoms with Gasteiger partial charge in [0.25, 0.3) is 5.91 Å². The normalized spacial score (nSPS) is 23.7. The van der Waals surface area contributed by atoms with Gasteiger partial charge in [-0.05, 0) is 31.9 Å². The number of nitrogens with zero attached hydrogens (tertiary/aromatic N) is 4. The monoisotopic (exact) mass is 382 g/mol. The number of carbonyl (C=O) groups is 2. The lowest BCUT2D eigenvalue weighted by Gasteiger charge is -2.35. The fraction of sp³-hybridized carbons (Fsp3) is 0.450. The standard InChI is InChI=1S/C20H26N6O2/c1-5-14-8-6-7-9-15(14)21-10-11-25-12(2)13(3)26-16-17(22-19(25)26)24(4)20(28)23-18(16)27/h6-9,16-17,21H,5,10-11H2,1-4H3,(H,23,27,28). The Kier molecular flexibility index (Phi) is 4.49. The molecule has 28 heavy (non-hydrogen) atoms. The number of guanidine groups is 1. The summed E-state index contributed by atoms with van der Waals surface area (Å²) in [6, 6.07) is 7.40. The van der Waals surface area contributed by atoms with Gasteiger partial charge >= 0.3 is 6.03 Å². The van der Waals surface area contributed by atoms with Gasteiger partial charge < -0.3 is 15.1 Å². The molecule has 3 amide bonds. The predicted octanol–water partition coefficient (Wildman–Crippen LogP) is 1.78. The highest BCUT2D eigenvalue weighted by atomic mass is 16.2. The lowest BCUT2D eigenvalue weighted by molar-refractivity contribution is -0.126. The van der Waals surface area contributed by atoms with E-state index in [4.69, 9.17) is 4.99 Å². The van der Waals surface area contributed by atoms with E-state index in [1.807, 2.05) is 24.8 Å². The number of hydrogen-bond donors (Lipinski definition) is 2. The maximum Gasteiger partial charge on any atom is 0.325 e. The number of fused-ring (bicyclic) bond motifs is 3. The third-order valence-corrected chi connectivity index (χ3v) is 5.82. The summed E-state index contributed by atoms with van der Waals surface area (Å²) in [7, 11) is 1.67. The highest BCUT2D eigenvalue weighted by Crippen LogP contribution is 2.35. The predicted molar refractivity (Wildman–Crippen MR) is 108 cm³/mol. The molecule has 4 rings (SSSR count). The third kappa shape index (κ3) is 2.71. The van der Waals surface area contributed by atoms with Crippen LogP contribution in [0.2, 0.25) is 0 Å². The first-order chi connectivity index (χ1) is 13.4. The number of rotatable bonds is 5. The van der Waals surface area contributed by atoms with Crippen molar-refractivity contribution in [3.63, 3.8) is 0 Å². The van der Waals surface area contributed by atoms with Crippen molar-refractivity contribution in [3.05, 3.63) is 41.2 Å². The number of allylic oxidation sites excluding steroid dienone is 2. The number of para-hydroxylation sites is 1. The summed E-state index contributed by atoms with van der Waals surface area (Å²) < 4.78 is 0. The summed E-state index contributed by atoms with van der Waals surface area (Å²) in [6.07, 6.45) is 0.486. The minimum Gasteiger partial charge on any atom is -0.383 e. The summed E-state index contributed by atoms with van der Waals surface area (Å²) in [4.78, 5) is 34.7. The van der Waals surface area contributed by atoms with E-state index < -0.39 is 18.2 Å². The van der Waals surface area contributed by atoms with E-state index in [1.54, 1.807) is 7.05 Å². The Morgan fingerprint density at radius 3 is 2.68 bits per heavy atom. The average molecular weight is 382 g/mol. The Morgan fingerprint density at radius 1 is 1.18 bits per heavy atom. The van der Waals surface area contributed by atoms with Crippen LogP contribution in [-0.4, -0.2) is 64.9 Å². The molecule has 1 fully saturated rings. The van der Waals surface area contributed by atoms with Crippen LogP contribution in [0.15, 0.2) is 40.7 Å². The second-order valence-corrected chi connectivity index (χ2v) is 7.32. The fourth-order valence-corrected chi connectivity index (χ4v) is 4.10. The van der Waals surface area contributed by atoms with Gasteiger partial charge in [0.1, 0.15) is 0 Å². The molecule has 0 aromatic heterocycles. The zero-order valence-electron chi connectivity index (χ0n) is 16.7. The molecule has 0 spiro atoms. The quantitative estimate of drug-likeness (QED) is 0.811. The van der Waals surface area contributed by atoms with E-state index in [1.165, 1.54) is 10.5 Å². The number of urea groups is 1. The molecule has 0 aliphatic carbocycles. The molecule has 8 nitrogen and oxygen atoms in total. The van der Waals surface area contributed by atoms with E-state index in [-0.39, 0.29) is 5.91 Å². The number of aliphatic imine (C=N–C) groups is 1. The lowest BCUT2D eigenvalue weighted by atomic mass is 10.1. The Labute approximate surface area is 164 Å². The van der Waals surface area contributed by atoms with Gasteiger partial charge in [-0.1, -0.05) is 25.1 Å². The van der Waals surface area contributed by atoms with Gasteiger partial charge in [-0.3, -0.25) is 15.0 Å². The van der Waals surface area contributed by atoms with Crippen LogP contribution in [0, 0.1) is 0 Å². The van der Waals surface area contributed by atoms with Crippen LogP contribution < -0.4 is 10.6 Å². The van der Waals surface area contributed by atoms with Crippen molar-refractivity contribution in [2.75, 3.05) is 25.5 Å². The second kappa shape index (κ2) is 6.85. The Hall–Kier alpha value is -3.03. The number of carbonyl (C=O) groups excluding carboxylic acids is 2. The van der Waals surface area contributed by atoms with Gasteiger partial charge in [-0.15, -0.1) is 0 Å². The summed E-state index contributed by atoms with van der Waals surface area (Å²) in [5, 5.41) is 5.93. The summed E-state index contributed by atoms with van der Waals surface area (Å²) in [6.45, 7) is 7.64. The van der Waals surface area contributed by atoms with Gasteiger partial charge in [0, 0.05) is 37.2 Å². The first-order valence-electron chi connectivity index (χ1n) is 9.65. The highest BCUT2D eigenvalue weighted by Gasteiger charge is 2.52. The summed E-state index contributed by atoms with van der Waals surface area (Å²) >= 11 is 0. The molecule has 3 heterocycles. The van der Waals surface area contributed by atoms with Crippen LogP contribution >= 0.6 is 0 Å². The van der Waals surface area contributed by atoms with Gasteiger partial charge in [-0.2, -0.15) is 0 Å². The maximum atomic E-state index is 12.5. The molecule has 2 N–H and O–H groups in total. The molecule has 8 heteroatoms. The molecule has 3 aliphatic rings. The number of benzene rings is 1. The van der Waals surface area contributed by atoms with Gasteiger partial charge in [0.2, 0.25) is 5.96 Å². The molecule has 148 valence electrons. The van der Waals surface area contributed by atoms with E-state index >= 15 is 0 Å². The molecule has 0 saturated carbocycles.